The molecule has 0 bridgehead atoms. The highest BCUT2D eigenvalue weighted by molar-refractivity contribution is 5.79. The number of benzene rings is 2. The summed E-state index contributed by atoms with van der Waals surface area (Å²) in [6.45, 7) is 13.3. The van der Waals surface area contributed by atoms with E-state index in [0.29, 0.717) is 0 Å². The maximum Gasteiger partial charge on any atom is 0.292 e. The zero-order valence-corrected chi connectivity index (χ0v) is 18.2. The molecule has 0 saturated carbocycles. The normalized spacial score (nSPS) is 11.8. The SMILES string of the molecule is Cc1c(-[n+]2ccccc2C)cc(C(C)(C)C)cc1-[n+]1cnc2ccccc2c1C. The summed E-state index contributed by atoms with van der Waals surface area (Å²) >= 11 is 0. The fourth-order valence-electron chi connectivity index (χ4n) is 3.89. The highest BCUT2D eigenvalue weighted by Gasteiger charge is 2.26. The lowest BCUT2D eigenvalue weighted by molar-refractivity contribution is -0.612. The number of para-hydroxylation sites is 1. The van der Waals surface area contributed by atoms with E-state index in [0.717, 1.165) is 5.52 Å². The van der Waals surface area contributed by atoms with E-state index < -0.39 is 0 Å². The molecule has 146 valence electrons. The number of rotatable bonds is 2. The number of fused-ring (bicyclic) bond motifs is 1. The summed E-state index contributed by atoms with van der Waals surface area (Å²) in [6, 6.07) is 19.3. The average molecular weight is 384 g/mol. The predicted molar refractivity (Wildman–Crippen MR) is 118 cm³/mol. The molecule has 2 aromatic carbocycles. The Kier molecular flexibility index (Phi) is 4.70. The molecule has 0 spiro atoms. The molecule has 0 fully saturated rings. The van der Waals surface area contributed by atoms with Crippen molar-refractivity contribution in [1.29, 1.82) is 0 Å². The maximum atomic E-state index is 4.73. The summed E-state index contributed by atoms with van der Waals surface area (Å²) in [5, 5.41) is 1.18. The van der Waals surface area contributed by atoms with Crippen LogP contribution in [0.3, 0.4) is 0 Å². The van der Waals surface area contributed by atoms with Gasteiger partial charge in [-0.1, -0.05) is 39.0 Å². The number of nitrogens with zero attached hydrogens (tertiary/aromatic N) is 3. The van der Waals surface area contributed by atoms with Crippen LogP contribution < -0.4 is 9.13 Å². The lowest BCUT2D eigenvalue weighted by Crippen LogP contribution is -2.40. The van der Waals surface area contributed by atoms with Crippen LogP contribution in [0, 0.1) is 20.8 Å². The van der Waals surface area contributed by atoms with Crippen molar-refractivity contribution in [2.24, 2.45) is 0 Å². The number of hydrogen-bond acceptors (Lipinski definition) is 1. The molecule has 0 N–H and O–H groups in total. The third-order valence-electron chi connectivity index (χ3n) is 5.77. The minimum absolute atomic E-state index is 0.0409. The number of aromatic nitrogens is 3. The highest BCUT2D eigenvalue weighted by Crippen LogP contribution is 2.28. The predicted octanol–water partition coefficient (Wildman–Crippen LogP) is 5.01. The molecule has 4 aromatic rings. The summed E-state index contributed by atoms with van der Waals surface area (Å²) in [5.74, 6) is 0. The van der Waals surface area contributed by atoms with Gasteiger partial charge in [0.2, 0.25) is 5.69 Å². The average Bonchev–Trinajstić information content (AvgIpc) is 2.69. The Morgan fingerprint density at radius 2 is 1.45 bits per heavy atom. The van der Waals surface area contributed by atoms with Crippen LogP contribution in [0.1, 0.15) is 43.3 Å². The van der Waals surface area contributed by atoms with Crippen molar-refractivity contribution in [3.63, 3.8) is 0 Å². The summed E-state index contributed by atoms with van der Waals surface area (Å²) in [7, 11) is 0. The second-order valence-corrected chi connectivity index (χ2v) is 8.82. The molecule has 0 unspecified atom stereocenters. The maximum absolute atomic E-state index is 4.73. The second kappa shape index (κ2) is 7.07. The fraction of sp³-hybridized carbons (Fsp3) is 0.269. The molecule has 4 rings (SSSR count). The van der Waals surface area contributed by atoms with Crippen LogP contribution in [0.4, 0.5) is 0 Å². The van der Waals surface area contributed by atoms with Gasteiger partial charge in [0.05, 0.1) is 10.9 Å². The van der Waals surface area contributed by atoms with E-state index in [1.807, 2.05) is 12.4 Å². The molecule has 0 aliphatic rings. The molecular formula is C26H29N3+2. The topological polar surface area (TPSA) is 20.6 Å². The molecule has 3 heteroatoms. The summed E-state index contributed by atoms with van der Waals surface area (Å²) in [4.78, 5) is 4.73. The first-order chi connectivity index (χ1) is 13.8. The largest absolute Gasteiger partial charge is 0.292 e. The fourth-order valence-corrected chi connectivity index (χ4v) is 3.89. The van der Waals surface area contributed by atoms with Crippen LogP contribution in [0.5, 0.6) is 0 Å². The molecule has 0 saturated heterocycles. The lowest BCUT2D eigenvalue weighted by Gasteiger charge is -2.21. The van der Waals surface area contributed by atoms with E-state index >= 15 is 0 Å². The minimum atomic E-state index is 0.0409. The highest BCUT2D eigenvalue weighted by atomic mass is 15.0. The van der Waals surface area contributed by atoms with E-state index in [1.165, 1.54) is 39.3 Å². The van der Waals surface area contributed by atoms with Crippen molar-refractivity contribution < 1.29 is 9.13 Å². The van der Waals surface area contributed by atoms with Gasteiger partial charge in [0, 0.05) is 25.1 Å². The van der Waals surface area contributed by atoms with Crippen LogP contribution in [-0.4, -0.2) is 4.98 Å². The molecule has 3 nitrogen and oxygen atoms in total. The second-order valence-electron chi connectivity index (χ2n) is 8.82. The van der Waals surface area contributed by atoms with Crippen molar-refractivity contribution in [1.82, 2.24) is 4.98 Å². The van der Waals surface area contributed by atoms with Gasteiger partial charge in [0.25, 0.3) is 6.33 Å². The molecule has 2 heterocycles. The number of pyridine rings is 1. The van der Waals surface area contributed by atoms with Crippen LogP contribution in [-0.2, 0) is 5.41 Å². The van der Waals surface area contributed by atoms with Crippen LogP contribution in [0.2, 0.25) is 0 Å². The molecule has 0 aliphatic heterocycles. The first-order valence-electron chi connectivity index (χ1n) is 10.2. The minimum Gasteiger partial charge on any atom is -0.199 e. The Balaban J connectivity index is 2.05. The van der Waals surface area contributed by atoms with Gasteiger partial charge in [-0.15, -0.1) is 0 Å². The van der Waals surface area contributed by atoms with E-state index in [4.69, 9.17) is 4.98 Å². The molecule has 0 radical (unpaired) electrons. The molecule has 2 aromatic heterocycles. The van der Waals surface area contributed by atoms with Gasteiger partial charge in [-0.05, 0) is 48.0 Å². The smallest absolute Gasteiger partial charge is 0.199 e. The molecule has 29 heavy (non-hydrogen) atoms. The van der Waals surface area contributed by atoms with Gasteiger partial charge >= 0.3 is 0 Å². The van der Waals surface area contributed by atoms with Gasteiger partial charge in [-0.3, -0.25) is 0 Å². The van der Waals surface area contributed by atoms with Crippen molar-refractivity contribution in [2.45, 2.75) is 47.0 Å². The number of hydrogen-bond donors (Lipinski definition) is 0. The Bertz CT molecular complexity index is 1220. The summed E-state index contributed by atoms with van der Waals surface area (Å²) < 4.78 is 4.51. The standard InChI is InChI=1S/C26H29N3/c1-18-11-9-10-14-28(18)24-15-21(26(4,5)6)16-25(19(24)2)29-17-27-23-13-8-7-12-22(23)20(29)3/h7-17H,1-6H3/q+2. The first-order valence-corrected chi connectivity index (χ1v) is 10.2. The monoisotopic (exact) mass is 383 g/mol. The number of aryl methyl sites for hydroxylation is 2. The Morgan fingerprint density at radius 3 is 2.14 bits per heavy atom. The van der Waals surface area contributed by atoms with E-state index in [1.54, 1.807) is 0 Å². The van der Waals surface area contributed by atoms with Crippen molar-refractivity contribution in [2.75, 3.05) is 0 Å². The van der Waals surface area contributed by atoms with Gasteiger partial charge in [0.1, 0.15) is 11.4 Å². The van der Waals surface area contributed by atoms with Crippen LogP contribution >= 0.6 is 0 Å². The molecular weight excluding hydrogens is 354 g/mol. The Morgan fingerprint density at radius 1 is 0.793 bits per heavy atom. The summed E-state index contributed by atoms with van der Waals surface area (Å²) in [5.41, 5.74) is 8.42. The summed E-state index contributed by atoms with van der Waals surface area (Å²) in [6.07, 6.45) is 4.10. The first kappa shape index (κ1) is 19.3. The Labute approximate surface area is 173 Å². The zero-order chi connectivity index (χ0) is 20.8. The van der Waals surface area contributed by atoms with Crippen molar-refractivity contribution in [3.05, 3.63) is 89.6 Å². The third-order valence-corrected chi connectivity index (χ3v) is 5.77. The Hall–Kier alpha value is -3.07. The van der Waals surface area contributed by atoms with Gasteiger partial charge < -0.3 is 0 Å². The van der Waals surface area contributed by atoms with Gasteiger partial charge in [0.15, 0.2) is 17.4 Å². The van der Waals surface area contributed by atoms with Crippen molar-refractivity contribution >= 4 is 10.9 Å². The molecule has 0 atom stereocenters. The third kappa shape index (κ3) is 3.42. The quantitative estimate of drug-likeness (QED) is 0.446. The molecule has 0 aliphatic carbocycles. The van der Waals surface area contributed by atoms with Gasteiger partial charge in [-0.25, -0.2) is 0 Å². The lowest BCUT2D eigenvalue weighted by atomic mass is 9.85. The van der Waals surface area contributed by atoms with Crippen LogP contribution in [0.15, 0.2) is 67.1 Å². The van der Waals surface area contributed by atoms with Crippen molar-refractivity contribution in [3.8, 4) is 11.4 Å². The van der Waals surface area contributed by atoms with E-state index in [9.17, 15) is 0 Å². The van der Waals surface area contributed by atoms with Crippen LogP contribution in [0.25, 0.3) is 22.3 Å². The van der Waals surface area contributed by atoms with E-state index in [-0.39, 0.29) is 5.41 Å². The van der Waals surface area contributed by atoms with E-state index in [2.05, 4.69) is 105 Å². The van der Waals surface area contributed by atoms with Gasteiger partial charge in [-0.2, -0.15) is 9.13 Å². The molecule has 0 amide bonds. The zero-order valence-electron chi connectivity index (χ0n) is 18.2.